The SMILES string of the molecule is Cc1cc2ccccc2nc1NC(C)CCO. The van der Waals surface area contributed by atoms with E-state index in [1.807, 2.05) is 32.0 Å². The van der Waals surface area contributed by atoms with E-state index in [1.165, 1.54) is 0 Å². The number of nitrogens with one attached hydrogen (secondary N) is 1. The normalized spacial score (nSPS) is 12.6. The van der Waals surface area contributed by atoms with Crippen LogP contribution in [-0.2, 0) is 0 Å². The number of aliphatic hydroxyl groups is 1. The molecular formula is C14H18N2O. The Kier molecular flexibility index (Phi) is 3.59. The number of fused-ring (bicyclic) bond motifs is 1. The van der Waals surface area contributed by atoms with Crippen LogP contribution >= 0.6 is 0 Å². The van der Waals surface area contributed by atoms with Crippen LogP contribution in [-0.4, -0.2) is 22.7 Å². The molecule has 0 aliphatic carbocycles. The fraction of sp³-hybridized carbons (Fsp3) is 0.357. The zero-order valence-corrected chi connectivity index (χ0v) is 10.3. The maximum atomic E-state index is 8.90. The van der Waals surface area contributed by atoms with Crippen molar-refractivity contribution in [3.8, 4) is 0 Å². The van der Waals surface area contributed by atoms with E-state index < -0.39 is 0 Å². The van der Waals surface area contributed by atoms with Crippen LogP contribution in [0.4, 0.5) is 5.82 Å². The number of aromatic nitrogens is 1. The molecule has 0 saturated heterocycles. The fourth-order valence-corrected chi connectivity index (χ4v) is 1.87. The summed E-state index contributed by atoms with van der Waals surface area (Å²) in [6.45, 7) is 4.29. The van der Waals surface area contributed by atoms with Crippen molar-refractivity contribution in [2.45, 2.75) is 26.3 Å². The zero-order chi connectivity index (χ0) is 12.3. The highest BCUT2D eigenvalue weighted by Crippen LogP contribution is 2.20. The molecule has 3 heteroatoms. The van der Waals surface area contributed by atoms with Crippen LogP contribution in [0, 0.1) is 6.92 Å². The van der Waals surface area contributed by atoms with Gasteiger partial charge in [0, 0.05) is 18.0 Å². The van der Waals surface area contributed by atoms with E-state index in [4.69, 9.17) is 5.11 Å². The minimum atomic E-state index is 0.195. The molecule has 0 spiro atoms. The molecule has 1 heterocycles. The number of hydrogen-bond acceptors (Lipinski definition) is 3. The Morgan fingerprint density at radius 2 is 2.12 bits per heavy atom. The van der Waals surface area contributed by atoms with Gasteiger partial charge in [-0.3, -0.25) is 0 Å². The maximum absolute atomic E-state index is 8.90. The van der Waals surface area contributed by atoms with E-state index in [0.29, 0.717) is 0 Å². The van der Waals surface area contributed by atoms with E-state index in [9.17, 15) is 0 Å². The van der Waals surface area contributed by atoms with Crippen molar-refractivity contribution >= 4 is 16.7 Å². The highest BCUT2D eigenvalue weighted by molar-refractivity contribution is 5.81. The summed E-state index contributed by atoms with van der Waals surface area (Å²) >= 11 is 0. The molecule has 0 amide bonds. The predicted octanol–water partition coefficient (Wildman–Crippen LogP) is 2.73. The number of para-hydroxylation sites is 1. The Hall–Kier alpha value is -1.61. The smallest absolute Gasteiger partial charge is 0.129 e. The van der Waals surface area contributed by atoms with Gasteiger partial charge in [-0.2, -0.15) is 0 Å². The first-order valence-corrected chi connectivity index (χ1v) is 5.94. The van der Waals surface area contributed by atoms with Gasteiger partial charge in [-0.1, -0.05) is 18.2 Å². The highest BCUT2D eigenvalue weighted by atomic mass is 16.3. The van der Waals surface area contributed by atoms with Crippen LogP contribution in [0.5, 0.6) is 0 Å². The molecule has 0 bridgehead atoms. The summed E-state index contributed by atoms with van der Waals surface area (Å²) in [6, 6.07) is 10.5. The molecule has 2 rings (SSSR count). The molecule has 1 unspecified atom stereocenters. The van der Waals surface area contributed by atoms with Gasteiger partial charge >= 0.3 is 0 Å². The molecule has 90 valence electrons. The van der Waals surface area contributed by atoms with Gasteiger partial charge in [0.05, 0.1) is 5.52 Å². The number of nitrogens with zero attached hydrogens (tertiary/aromatic N) is 1. The Morgan fingerprint density at radius 3 is 2.88 bits per heavy atom. The van der Waals surface area contributed by atoms with Crippen molar-refractivity contribution in [1.29, 1.82) is 0 Å². The number of rotatable bonds is 4. The van der Waals surface area contributed by atoms with Gasteiger partial charge in [0.15, 0.2) is 0 Å². The van der Waals surface area contributed by atoms with Crippen LogP contribution in [0.1, 0.15) is 18.9 Å². The van der Waals surface area contributed by atoms with Gasteiger partial charge in [-0.25, -0.2) is 4.98 Å². The van der Waals surface area contributed by atoms with Gasteiger partial charge in [-0.05, 0) is 38.0 Å². The lowest BCUT2D eigenvalue weighted by atomic mass is 10.1. The third kappa shape index (κ3) is 2.74. The fourth-order valence-electron chi connectivity index (χ4n) is 1.87. The van der Waals surface area contributed by atoms with Crippen molar-refractivity contribution in [3.05, 3.63) is 35.9 Å². The van der Waals surface area contributed by atoms with Gasteiger partial charge in [0.2, 0.25) is 0 Å². The van der Waals surface area contributed by atoms with Crippen molar-refractivity contribution in [3.63, 3.8) is 0 Å². The minimum Gasteiger partial charge on any atom is -0.396 e. The monoisotopic (exact) mass is 230 g/mol. The molecule has 17 heavy (non-hydrogen) atoms. The second kappa shape index (κ2) is 5.15. The Morgan fingerprint density at radius 1 is 1.35 bits per heavy atom. The minimum absolute atomic E-state index is 0.195. The second-order valence-electron chi connectivity index (χ2n) is 4.40. The maximum Gasteiger partial charge on any atom is 0.129 e. The number of aryl methyl sites for hydroxylation is 1. The van der Waals surface area contributed by atoms with E-state index in [2.05, 4.69) is 22.4 Å². The molecule has 1 atom stereocenters. The molecular weight excluding hydrogens is 212 g/mol. The van der Waals surface area contributed by atoms with E-state index in [1.54, 1.807) is 0 Å². The zero-order valence-electron chi connectivity index (χ0n) is 10.3. The Bertz CT molecular complexity index is 511. The molecule has 3 nitrogen and oxygen atoms in total. The van der Waals surface area contributed by atoms with E-state index >= 15 is 0 Å². The van der Waals surface area contributed by atoms with Crippen molar-refractivity contribution in [1.82, 2.24) is 4.98 Å². The Labute approximate surface area is 102 Å². The van der Waals surface area contributed by atoms with Gasteiger partial charge in [0.1, 0.15) is 5.82 Å². The average Bonchev–Trinajstić information content (AvgIpc) is 2.30. The van der Waals surface area contributed by atoms with E-state index in [0.717, 1.165) is 28.7 Å². The summed E-state index contributed by atoms with van der Waals surface area (Å²) in [4.78, 5) is 4.60. The van der Waals surface area contributed by atoms with Crippen LogP contribution in [0.2, 0.25) is 0 Å². The summed E-state index contributed by atoms with van der Waals surface area (Å²) in [6.07, 6.45) is 0.730. The molecule has 0 fully saturated rings. The van der Waals surface area contributed by atoms with Crippen LogP contribution in [0.25, 0.3) is 10.9 Å². The first-order chi connectivity index (χ1) is 8.20. The van der Waals surface area contributed by atoms with Gasteiger partial charge in [0.25, 0.3) is 0 Å². The third-order valence-electron chi connectivity index (χ3n) is 2.86. The van der Waals surface area contributed by atoms with E-state index in [-0.39, 0.29) is 12.6 Å². The van der Waals surface area contributed by atoms with Crippen LogP contribution in [0.3, 0.4) is 0 Å². The molecule has 2 aromatic rings. The number of aliphatic hydroxyl groups excluding tert-OH is 1. The molecule has 0 radical (unpaired) electrons. The third-order valence-corrected chi connectivity index (χ3v) is 2.86. The Balaban J connectivity index is 2.31. The molecule has 1 aromatic heterocycles. The summed E-state index contributed by atoms with van der Waals surface area (Å²) in [7, 11) is 0. The number of benzene rings is 1. The largest absolute Gasteiger partial charge is 0.396 e. The lowest BCUT2D eigenvalue weighted by Gasteiger charge is -2.15. The summed E-state index contributed by atoms with van der Waals surface area (Å²) in [5.74, 6) is 0.907. The van der Waals surface area contributed by atoms with Crippen LogP contribution in [0.15, 0.2) is 30.3 Å². The quantitative estimate of drug-likeness (QED) is 0.849. The van der Waals surface area contributed by atoms with Crippen molar-refractivity contribution < 1.29 is 5.11 Å². The standard InChI is InChI=1S/C14H18N2O/c1-10-9-12-5-3-4-6-13(12)16-14(10)15-11(2)7-8-17/h3-6,9,11,17H,7-8H2,1-2H3,(H,15,16). The summed E-state index contributed by atoms with van der Waals surface area (Å²) in [5.41, 5.74) is 2.13. The molecule has 2 N–H and O–H groups in total. The number of anilines is 1. The molecule has 0 aliphatic heterocycles. The van der Waals surface area contributed by atoms with Crippen molar-refractivity contribution in [2.24, 2.45) is 0 Å². The molecule has 1 aromatic carbocycles. The van der Waals surface area contributed by atoms with Gasteiger partial charge in [-0.15, -0.1) is 0 Å². The number of hydrogen-bond donors (Lipinski definition) is 2. The molecule has 0 aliphatic rings. The summed E-state index contributed by atoms with van der Waals surface area (Å²) in [5, 5.41) is 13.4. The lowest BCUT2D eigenvalue weighted by Crippen LogP contribution is -2.18. The lowest BCUT2D eigenvalue weighted by molar-refractivity contribution is 0.282. The predicted molar refractivity (Wildman–Crippen MR) is 71.3 cm³/mol. The summed E-state index contributed by atoms with van der Waals surface area (Å²) < 4.78 is 0. The van der Waals surface area contributed by atoms with Crippen molar-refractivity contribution in [2.75, 3.05) is 11.9 Å². The highest BCUT2D eigenvalue weighted by Gasteiger charge is 2.06. The first-order valence-electron chi connectivity index (χ1n) is 5.94. The number of pyridine rings is 1. The second-order valence-corrected chi connectivity index (χ2v) is 4.40. The topological polar surface area (TPSA) is 45.2 Å². The average molecular weight is 230 g/mol. The van der Waals surface area contributed by atoms with Gasteiger partial charge < -0.3 is 10.4 Å². The van der Waals surface area contributed by atoms with Crippen LogP contribution < -0.4 is 5.32 Å². The molecule has 0 saturated carbocycles. The first kappa shape index (κ1) is 11.9.